The van der Waals surface area contributed by atoms with Gasteiger partial charge in [0.2, 0.25) is 0 Å². The zero-order chi connectivity index (χ0) is 10.4. The summed E-state index contributed by atoms with van der Waals surface area (Å²) in [6, 6.07) is 9.07. The lowest BCUT2D eigenvalue weighted by molar-refractivity contribution is -0.138. The van der Waals surface area contributed by atoms with Crippen molar-refractivity contribution in [1.82, 2.24) is 4.72 Å². The zero-order valence-corrected chi connectivity index (χ0v) is 8.75. The molecule has 1 atom stereocenters. The number of hydrogen-bond donors (Lipinski definition) is 2. The van der Waals surface area contributed by atoms with Crippen molar-refractivity contribution in [3.8, 4) is 0 Å². The van der Waals surface area contributed by atoms with Gasteiger partial charge in [-0.05, 0) is 18.2 Å². The standard InChI is InChI=1S/C10H13NO2S/c1-14-11-9(10(12)13)7-8-5-3-2-4-6-8/h2-6,9,11H,7H2,1H3,(H,12,13)/t9-/m0/s1. The third kappa shape index (κ3) is 3.40. The average Bonchev–Trinajstić information content (AvgIpc) is 2.18. The molecule has 0 spiro atoms. The van der Waals surface area contributed by atoms with Crippen LogP contribution in [-0.4, -0.2) is 23.4 Å². The van der Waals surface area contributed by atoms with E-state index in [1.807, 2.05) is 36.6 Å². The van der Waals surface area contributed by atoms with E-state index in [1.54, 1.807) is 0 Å². The van der Waals surface area contributed by atoms with Crippen molar-refractivity contribution in [2.75, 3.05) is 6.26 Å². The molecule has 3 nitrogen and oxygen atoms in total. The maximum Gasteiger partial charge on any atom is 0.321 e. The molecule has 14 heavy (non-hydrogen) atoms. The topological polar surface area (TPSA) is 49.3 Å². The molecule has 0 radical (unpaired) electrons. The number of carboxylic acid groups (broad SMARTS) is 1. The van der Waals surface area contributed by atoms with Crippen molar-refractivity contribution in [3.63, 3.8) is 0 Å². The van der Waals surface area contributed by atoms with E-state index >= 15 is 0 Å². The predicted molar refractivity (Wildman–Crippen MR) is 58.2 cm³/mol. The van der Waals surface area contributed by atoms with Gasteiger partial charge in [-0.1, -0.05) is 42.3 Å². The molecule has 0 amide bonds. The Morgan fingerprint density at radius 2 is 2.14 bits per heavy atom. The van der Waals surface area contributed by atoms with Gasteiger partial charge in [-0.15, -0.1) is 0 Å². The van der Waals surface area contributed by atoms with Crippen molar-refractivity contribution in [3.05, 3.63) is 35.9 Å². The molecule has 0 heterocycles. The molecule has 0 aromatic heterocycles. The lowest BCUT2D eigenvalue weighted by Crippen LogP contribution is -2.34. The summed E-state index contributed by atoms with van der Waals surface area (Å²) in [5.74, 6) is -0.816. The van der Waals surface area contributed by atoms with Crippen LogP contribution in [0.1, 0.15) is 5.56 Å². The number of hydrogen-bond acceptors (Lipinski definition) is 3. The molecule has 4 heteroatoms. The van der Waals surface area contributed by atoms with Crippen LogP contribution in [0.2, 0.25) is 0 Å². The number of benzene rings is 1. The Kier molecular flexibility index (Phi) is 4.49. The van der Waals surface area contributed by atoms with Crippen LogP contribution < -0.4 is 4.72 Å². The summed E-state index contributed by atoms with van der Waals surface area (Å²) < 4.78 is 2.85. The molecule has 2 N–H and O–H groups in total. The smallest absolute Gasteiger partial charge is 0.321 e. The Morgan fingerprint density at radius 1 is 1.50 bits per heavy atom. The number of nitrogens with one attached hydrogen (secondary N) is 1. The summed E-state index contributed by atoms with van der Waals surface area (Å²) in [6.45, 7) is 0. The molecule has 0 bridgehead atoms. The molecule has 1 rings (SSSR count). The molecule has 0 saturated heterocycles. The number of rotatable bonds is 5. The SMILES string of the molecule is CSN[C@@H](Cc1ccccc1)C(=O)O. The van der Waals surface area contributed by atoms with Crippen LogP contribution in [0.5, 0.6) is 0 Å². The van der Waals surface area contributed by atoms with Gasteiger partial charge in [0, 0.05) is 0 Å². The minimum absolute atomic E-state index is 0.511. The third-order valence-electron chi connectivity index (χ3n) is 1.84. The van der Waals surface area contributed by atoms with E-state index in [4.69, 9.17) is 5.11 Å². The van der Waals surface area contributed by atoms with Crippen molar-refractivity contribution in [2.45, 2.75) is 12.5 Å². The molecule has 1 aromatic carbocycles. The first kappa shape index (κ1) is 11.1. The van der Waals surface area contributed by atoms with E-state index in [0.717, 1.165) is 5.56 Å². The Bertz CT molecular complexity index is 289. The van der Waals surface area contributed by atoms with Gasteiger partial charge in [0.05, 0.1) is 0 Å². The maximum absolute atomic E-state index is 10.8. The molecular formula is C10H13NO2S. The highest BCUT2D eigenvalue weighted by molar-refractivity contribution is 7.96. The van der Waals surface area contributed by atoms with Crippen molar-refractivity contribution in [1.29, 1.82) is 0 Å². The number of carboxylic acids is 1. The van der Waals surface area contributed by atoms with Gasteiger partial charge in [0.15, 0.2) is 0 Å². The predicted octanol–water partition coefficient (Wildman–Crippen LogP) is 1.55. The highest BCUT2D eigenvalue weighted by atomic mass is 32.2. The van der Waals surface area contributed by atoms with Crippen molar-refractivity contribution >= 4 is 17.9 Å². The summed E-state index contributed by atoms with van der Waals surface area (Å²) in [7, 11) is 0. The van der Waals surface area contributed by atoms with E-state index in [0.29, 0.717) is 6.42 Å². The summed E-state index contributed by atoms with van der Waals surface area (Å²) >= 11 is 1.33. The van der Waals surface area contributed by atoms with E-state index < -0.39 is 12.0 Å². The van der Waals surface area contributed by atoms with Crippen LogP contribution in [-0.2, 0) is 11.2 Å². The Balaban J connectivity index is 2.60. The van der Waals surface area contributed by atoms with Crippen LogP contribution in [0.3, 0.4) is 0 Å². The molecule has 0 fully saturated rings. The maximum atomic E-state index is 10.8. The minimum atomic E-state index is -0.816. The van der Waals surface area contributed by atoms with E-state index in [2.05, 4.69) is 4.72 Å². The first-order chi connectivity index (χ1) is 6.74. The van der Waals surface area contributed by atoms with Gasteiger partial charge in [0.1, 0.15) is 6.04 Å². The van der Waals surface area contributed by atoms with Gasteiger partial charge >= 0.3 is 5.97 Å². The second kappa shape index (κ2) is 5.67. The lowest BCUT2D eigenvalue weighted by Gasteiger charge is -2.11. The monoisotopic (exact) mass is 211 g/mol. The first-order valence-corrected chi connectivity index (χ1v) is 5.51. The van der Waals surface area contributed by atoms with Crippen LogP contribution in [0.25, 0.3) is 0 Å². The Morgan fingerprint density at radius 3 is 2.64 bits per heavy atom. The normalized spacial score (nSPS) is 12.4. The zero-order valence-electron chi connectivity index (χ0n) is 7.93. The molecule has 76 valence electrons. The summed E-state index contributed by atoms with van der Waals surface area (Å²) in [5.41, 5.74) is 1.03. The summed E-state index contributed by atoms with van der Waals surface area (Å²) in [5, 5.41) is 8.89. The number of carbonyl (C=O) groups is 1. The van der Waals surface area contributed by atoms with E-state index in [1.165, 1.54) is 11.9 Å². The van der Waals surface area contributed by atoms with Crippen molar-refractivity contribution in [2.24, 2.45) is 0 Å². The fourth-order valence-corrected chi connectivity index (χ4v) is 1.64. The van der Waals surface area contributed by atoms with E-state index in [9.17, 15) is 4.79 Å². The fourth-order valence-electron chi connectivity index (χ4n) is 1.17. The highest BCUT2D eigenvalue weighted by Crippen LogP contribution is 2.05. The average molecular weight is 211 g/mol. The second-order valence-electron chi connectivity index (χ2n) is 2.90. The number of aliphatic carboxylic acids is 1. The first-order valence-electron chi connectivity index (χ1n) is 4.29. The van der Waals surface area contributed by atoms with Gasteiger partial charge in [-0.25, -0.2) is 4.72 Å². The molecular weight excluding hydrogens is 198 g/mol. The molecule has 0 saturated carbocycles. The van der Waals surface area contributed by atoms with Crippen LogP contribution >= 0.6 is 11.9 Å². The van der Waals surface area contributed by atoms with Crippen molar-refractivity contribution < 1.29 is 9.90 Å². The van der Waals surface area contributed by atoms with Gasteiger partial charge < -0.3 is 5.11 Å². The molecule has 1 aromatic rings. The third-order valence-corrected chi connectivity index (χ3v) is 2.36. The summed E-state index contributed by atoms with van der Waals surface area (Å²) in [6.07, 6.45) is 2.33. The van der Waals surface area contributed by atoms with Gasteiger partial charge in [-0.3, -0.25) is 4.79 Å². The molecule has 0 aliphatic heterocycles. The van der Waals surface area contributed by atoms with Gasteiger partial charge in [-0.2, -0.15) is 0 Å². The Labute approximate surface area is 87.7 Å². The lowest BCUT2D eigenvalue weighted by atomic mass is 10.1. The van der Waals surface area contributed by atoms with Crippen LogP contribution in [0.4, 0.5) is 0 Å². The molecule has 0 aliphatic carbocycles. The second-order valence-corrected chi connectivity index (χ2v) is 3.55. The fraction of sp³-hybridized carbons (Fsp3) is 0.300. The summed E-state index contributed by atoms with van der Waals surface area (Å²) in [4.78, 5) is 10.8. The molecule has 0 aliphatic rings. The van der Waals surface area contributed by atoms with Gasteiger partial charge in [0.25, 0.3) is 0 Å². The van der Waals surface area contributed by atoms with Crippen LogP contribution in [0, 0.1) is 0 Å². The highest BCUT2D eigenvalue weighted by Gasteiger charge is 2.16. The quantitative estimate of drug-likeness (QED) is 0.725. The minimum Gasteiger partial charge on any atom is -0.480 e. The Hall–Kier alpha value is -1.00. The van der Waals surface area contributed by atoms with Crippen LogP contribution in [0.15, 0.2) is 30.3 Å². The van der Waals surface area contributed by atoms with E-state index in [-0.39, 0.29) is 0 Å². The largest absolute Gasteiger partial charge is 0.480 e. The molecule has 0 unspecified atom stereocenters.